The van der Waals surface area contributed by atoms with Crippen molar-refractivity contribution in [2.75, 3.05) is 17.4 Å². The number of anilines is 1. The van der Waals surface area contributed by atoms with E-state index in [0.29, 0.717) is 39.8 Å². The van der Waals surface area contributed by atoms with E-state index in [1.807, 2.05) is 39.8 Å². The average Bonchev–Trinajstić information content (AvgIpc) is 2.93. The van der Waals surface area contributed by atoms with Crippen LogP contribution >= 0.6 is 23.2 Å². The largest absolute Gasteiger partial charge is 0.354 e. The van der Waals surface area contributed by atoms with Gasteiger partial charge in [-0.25, -0.2) is 8.42 Å². The lowest BCUT2D eigenvalue weighted by Gasteiger charge is -2.34. The maximum Gasteiger partial charge on any atom is 0.264 e. The van der Waals surface area contributed by atoms with Crippen molar-refractivity contribution in [2.45, 2.75) is 64.9 Å². The molecule has 0 radical (unpaired) electrons. The molecule has 1 N–H and O–H groups in total. The van der Waals surface area contributed by atoms with Crippen LogP contribution in [0.3, 0.4) is 0 Å². The third kappa shape index (κ3) is 8.03. The average molecular weight is 619 g/mol. The molecule has 7 nitrogen and oxygen atoms in total. The molecule has 220 valence electrons. The number of benzene rings is 3. The normalized spacial score (nSPS) is 12.1. The Balaban J connectivity index is 2.11. The Morgan fingerprint density at radius 1 is 0.902 bits per heavy atom. The molecule has 1 unspecified atom stereocenters. The zero-order chi connectivity index (χ0) is 30.3. The number of hydrogen-bond acceptors (Lipinski definition) is 4. The van der Waals surface area contributed by atoms with Crippen LogP contribution in [0.4, 0.5) is 5.69 Å². The molecule has 0 heterocycles. The van der Waals surface area contributed by atoms with Crippen LogP contribution in [0.2, 0.25) is 10.0 Å². The predicted octanol–water partition coefficient (Wildman–Crippen LogP) is 6.45. The number of nitrogens with one attached hydrogen (secondary N) is 1. The van der Waals surface area contributed by atoms with Crippen LogP contribution < -0.4 is 9.62 Å². The van der Waals surface area contributed by atoms with Gasteiger partial charge in [0.25, 0.3) is 10.0 Å². The summed E-state index contributed by atoms with van der Waals surface area (Å²) in [5.41, 5.74) is 3.43. The Morgan fingerprint density at radius 2 is 1.56 bits per heavy atom. The summed E-state index contributed by atoms with van der Waals surface area (Å²) >= 11 is 12.6. The summed E-state index contributed by atoms with van der Waals surface area (Å²) in [6.45, 7) is 9.23. The molecule has 41 heavy (non-hydrogen) atoms. The molecule has 0 aliphatic carbocycles. The van der Waals surface area contributed by atoms with Gasteiger partial charge in [-0.15, -0.1) is 0 Å². The molecule has 1 atom stereocenters. The van der Waals surface area contributed by atoms with E-state index in [1.54, 1.807) is 43.3 Å². The smallest absolute Gasteiger partial charge is 0.264 e. The number of nitrogens with zero attached hydrogens (tertiary/aromatic N) is 2. The summed E-state index contributed by atoms with van der Waals surface area (Å²) in [5, 5.41) is 3.66. The van der Waals surface area contributed by atoms with Crippen molar-refractivity contribution in [3.05, 3.63) is 93.0 Å². The van der Waals surface area contributed by atoms with Gasteiger partial charge in [0.05, 0.1) is 10.6 Å². The zero-order valence-electron chi connectivity index (χ0n) is 24.1. The second-order valence-corrected chi connectivity index (χ2v) is 12.8. The lowest BCUT2D eigenvalue weighted by Crippen LogP contribution is -2.52. The zero-order valence-corrected chi connectivity index (χ0v) is 26.4. The van der Waals surface area contributed by atoms with Crippen LogP contribution in [-0.4, -0.2) is 44.3 Å². The molecule has 0 saturated heterocycles. The van der Waals surface area contributed by atoms with Gasteiger partial charge in [-0.3, -0.25) is 13.9 Å². The van der Waals surface area contributed by atoms with Gasteiger partial charge in [0.2, 0.25) is 11.8 Å². The topological polar surface area (TPSA) is 86.8 Å². The minimum absolute atomic E-state index is 0.00188. The predicted molar refractivity (Wildman–Crippen MR) is 166 cm³/mol. The molecule has 3 aromatic rings. The van der Waals surface area contributed by atoms with E-state index in [1.165, 1.54) is 17.0 Å². The van der Waals surface area contributed by atoms with Crippen LogP contribution in [0.5, 0.6) is 0 Å². The third-order valence-electron chi connectivity index (χ3n) is 6.81. The second kappa shape index (κ2) is 14.2. The van der Waals surface area contributed by atoms with E-state index in [4.69, 9.17) is 23.2 Å². The van der Waals surface area contributed by atoms with Crippen molar-refractivity contribution >= 4 is 50.7 Å². The third-order valence-corrected chi connectivity index (χ3v) is 9.17. The monoisotopic (exact) mass is 617 g/mol. The number of aryl methyl sites for hydroxylation is 3. The Labute approximate surface area is 253 Å². The Kier molecular flexibility index (Phi) is 11.2. The Bertz CT molecular complexity index is 1490. The highest BCUT2D eigenvalue weighted by Crippen LogP contribution is 2.29. The van der Waals surface area contributed by atoms with E-state index in [-0.39, 0.29) is 17.3 Å². The van der Waals surface area contributed by atoms with Crippen LogP contribution in [-0.2, 0) is 26.2 Å². The van der Waals surface area contributed by atoms with E-state index < -0.39 is 28.5 Å². The first-order valence-corrected chi connectivity index (χ1v) is 15.8. The van der Waals surface area contributed by atoms with Gasteiger partial charge >= 0.3 is 0 Å². The number of sulfonamides is 1. The summed E-state index contributed by atoms with van der Waals surface area (Å²) < 4.78 is 29.3. The van der Waals surface area contributed by atoms with Gasteiger partial charge in [-0.2, -0.15) is 0 Å². The number of carbonyl (C=O) groups is 2. The Morgan fingerprint density at radius 3 is 2.17 bits per heavy atom. The summed E-state index contributed by atoms with van der Waals surface area (Å²) in [7, 11) is -4.15. The van der Waals surface area contributed by atoms with E-state index in [0.717, 1.165) is 21.9 Å². The summed E-state index contributed by atoms with van der Waals surface area (Å²) in [4.78, 5) is 28.9. The van der Waals surface area contributed by atoms with Crippen LogP contribution in [0.15, 0.2) is 65.6 Å². The van der Waals surface area contributed by atoms with Gasteiger partial charge in [0, 0.05) is 23.1 Å². The Hall–Kier alpha value is -3.07. The van der Waals surface area contributed by atoms with Crippen molar-refractivity contribution in [3.63, 3.8) is 0 Å². The first-order chi connectivity index (χ1) is 19.4. The number of carbonyl (C=O) groups excluding carboxylic acids is 2. The number of rotatable bonds is 12. The summed E-state index contributed by atoms with van der Waals surface area (Å²) in [6.07, 6.45) is 1.05. The second-order valence-electron chi connectivity index (χ2n) is 10.1. The lowest BCUT2D eigenvalue weighted by molar-refractivity contribution is -0.140. The number of halogens is 2. The van der Waals surface area contributed by atoms with Crippen molar-refractivity contribution < 1.29 is 18.0 Å². The van der Waals surface area contributed by atoms with E-state index in [9.17, 15) is 18.0 Å². The highest BCUT2D eigenvalue weighted by Gasteiger charge is 2.34. The highest BCUT2D eigenvalue weighted by atomic mass is 35.5. The lowest BCUT2D eigenvalue weighted by atomic mass is 10.1. The van der Waals surface area contributed by atoms with Gasteiger partial charge in [-0.1, -0.05) is 72.9 Å². The van der Waals surface area contributed by atoms with E-state index >= 15 is 0 Å². The SMILES string of the molecule is CCCNC(=O)C(CC)N(Cc1ccc(Cl)cc1Cl)C(=O)CN(c1cc(C)ccc1C)S(=O)(=O)c1ccc(C)cc1. The minimum atomic E-state index is -4.15. The van der Waals surface area contributed by atoms with E-state index in [2.05, 4.69) is 5.32 Å². The molecule has 3 aromatic carbocycles. The summed E-state index contributed by atoms with van der Waals surface area (Å²) in [6, 6.07) is 16.1. The molecule has 0 aliphatic rings. The van der Waals surface area contributed by atoms with Crippen LogP contribution in [0.1, 0.15) is 48.9 Å². The molecular weight excluding hydrogens is 581 g/mol. The quantitative estimate of drug-likeness (QED) is 0.253. The van der Waals surface area contributed by atoms with Crippen LogP contribution in [0, 0.1) is 20.8 Å². The molecule has 0 spiro atoms. The van der Waals surface area contributed by atoms with Crippen molar-refractivity contribution in [1.82, 2.24) is 10.2 Å². The van der Waals surface area contributed by atoms with Gasteiger partial charge in [0.1, 0.15) is 12.6 Å². The first-order valence-electron chi connectivity index (χ1n) is 13.6. The maximum atomic E-state index is 14.2. The van der Waals surface area contributed by atoms with Gasteiger partial charge in [0.15, 0.2) is 0 Å². The molecule has 0 fully saturated rings. The summed E-state index contributed by atoms with van der Waals surface area (Å²) in [5.74, 6) is -0.849. The molecule has 10 heteroatoms. The number of amides is 2. The van der Waals surface area contributed by atoms with Crippen molar-refractivity contribution in [3.8, 4) is 0 Å². The first kappa shape index (κ1) is 32.4. The number of hydrogen-bond donors (Lipinski definition) is 1. The fourth-order valence-electron chi connectivity index (χ4n) is 4.46. The van der Waals surface area contributed by atoms with Crippen molar-refractivity contribution in [2.24, 2.45) is 0 Å². The standard InChI is InChI=1S/C31H37Cl2N3O4S/c1-6-16-34-31(38)28(7-2)35(19-24-12-13-25(32)18-27(24)33)30(37)20-36(29-17-22(4)8-11-23(29)5)41(39,40)26-14-9-21(3)10-15-26/h8-15,17-18,28H,6-7,16,19-20H2,1-5H3,(H,34,38). The molecule has 0 saturated carbocycles. The highest BCUT2D eigenvalue weighted by molar-refractivity contribution is 7.92. The van der Waals surface area contributed by atoms with Gasteiger partial charge < -0.3 is 10.2 Å². The molecule has 2 amide bonds. The maximum absolute atomic E-state index is 14.2. The molecule has 3 rings (SSSR count). The fourth-order valence-corrected chi connectivity index (χ4v) is 6.40. The van der Waals surface area contributed by atoms with Crippen LogP contribution in [0.25, 0.3) is 0 Å². The fraction of sp³-hybridized carbons (Fsp3) is 0.355. The molecular formula is C31H37Cl2N3O4S. The van der Waals surface area contributed by atoms with Crippen molar-refractivity contribution in [1.29, 1.82) is 0 Å². The molecule has 0 aromatic heterocycles. The molecule has 0 aliphatic heterocycles. The minimum Gasteiger partial charge on any atom is -0.354 e. The molecule has 0 bridgehead atoms. The van der Waals surface area contributed by atoms with Gasteiger partial charge in [-0.05, 0) is 80.6 Å².